The number of hydrogen-bond donors (Lipinski definition) is 1. The highest BCUT2D eigenvalue weighted by Crippen LogP contribution is 2.36. The number of pyridine rings is 1. The number of nitrogens with two attached hydrogens (primary N) is 1. The van der Waals surface area contributed by atoms with Crippen LogP contribution in [0.15, 0.2) is 18.5 Å². The van der Waals surface area contributed by atoms with E-state index in [-0.39, 0.29) is 0 Å². The molecule has 0 saturated heterocycles. The van der Waals surface area contributed by atoms with E-state index in [1.165, 1.54) is 22.5 Å². The zero-order valence-corrected chi connectivity index (χ0v) is 9.91. The Kier molecular flexibility index (Phi) is 2.61. The van der Waals surface area contributed by atoms with E-state index < -0.39 is 0 Å². The molecule has 2 aromatic heterocycles. The Morgan fingerprint density at radius 2 is 2.06 bits per heavy atom. The van der Waals surface area contributed by atoms with Crippen molar-refractivity contribution in [2.24, 2.45) is 5.73 Å². The summed E-state index contributed by atoms with van der Waals surface area (Å²) in [5.41, 5.74) is 6.96. The zero-order valence-electron chi connectivity index (χ0n) is 9.10. The van der Waals surface area contributed by atoms with Crippen LogP contribution < -0.4 is 5.73 Å². The molecule has 0 radical (unpaired) electrons. The van der Waals surface area contributed by atoms with Crippen LogP contribution in [0.2, 0.25) is 0 Å². The predicted molar refractivity (Wildman–Crippen MR) is 66.6 cm³/mol. The highest BCUT2D eigenvalue weighted by molar-refractivity contribution is 7.18. The molecule has 0 atom stereocenters. The normalized spacial score (nSPS) is 26.1. The standard InChI is InChI=1S/C12H15N3S/c13-9-3-1-8(2-4-9)12-15-10-7-14-6-5-11(10)16-12/h5-9H,1-4,13H2. The summed E-state index contributed by atoms with van der Waals surface area (Å²) in [5.74, 6) is 0.622. The fourth-order valence-electron chi connectivity index (χ4n) is 2.34. The van der Waals surface area contributed by atoms with Gasteiger partial charge in [-0.05, 0) is 31.7 Å². The highest BCUT2D eigenvalue weighted by atomic mass is 32.1. The minimum absolute atomic E-state index is 0.410. The van der Waals surface area contributed by atoms with Gasteiger partial charge in [0, 0.05) is 18.2 Å². The first-order valence-corrected chi connectivity index (χ1v) is 6.60. The third-order valence-corrected chi connectivity index (χ3v) is 4.53. The first-order chi connectivity index (χ1) is 7.83. The Morgan fingerprint density at radius 1 is 1.25 bits per heavy atom. The summed E-state index contributed by atoms with van der Waals surface area (Å²) in [6.07, 6.45) is 8.34. The predicted octanol–water partition coefficient (Wildman–Crippen LogP) is 2.68. The van der Waals surface area contributed by atoms with Crippen molar-refractivity contribution in [1.29, 1.82) is 0 Å². The summed E-state index contributed by atoms with van der Waals surface area (Å²) in [6, 6.07) is 2.46. The Morgan fingerprint density at radius 3 is 2.81 bits per heavy atom. The summed E-state index contributed by atoms with van der Waals surface area (Å²) in [7, 11) is 0. The molecule has 0 aliphatic heterocycles. The summed E-state index contributed by atoms with van der Waals surface area (Å²) in [5, 5.41) is 1.27. The molecule has 4 heteroatoms. The van der Waals surface area contributed by atoms with Crippen molar-refractivity contribution in [2.45, 2.75) is 37.6 Å². The van der Waals surface area contributed by atoms with Gasteiger partial charge in [-0.2, -0.15) is 0 Å². The molecule has 3 rings (SSSR count). The van der Waals surface area contributed by atoms with Gasteiger partial charge in [0.05, 0.1) is 21.4 Å². The Bertz CT molecular complexity index is 453. The molecule has 0 spiro atoms. The van der Waals surface area contributed by atoms with Crippen LogP contribution in [0, 0.1) is 0 Å². The molecule has 3 nitrogen and oxygen atoms in total. The summed E-state index contributed by atoms with van der Waals surface area (Å²) in [6.45, 7) is 0. The van der Waals surface area contributed by atoms with Crippen molar-refractivity contribution in [3.05, 3.63) is 23.5 Å². The second-order valence-corrected chi connectivity index (χ2v) is 5.57. The summed E-state index contributed by atoms with van der Waals surface area (Å²) >= 11 is 1.81. The quantitative estimate of drug-likeness (QED) is 0.824. The molecule has 0 bridgehead atoms. The Hall–Kier alpha value is -1.00. The lowest BCUT2D eigenvalue weighted by molar-refractivity contribution is 0.395. The van der Waals surface area contributed by atoms with Crippen molar-refractivity contribution in [3.8, 4) is 0 Å². The average molecular weight is 233 g/mol. The molecule has 0 unspecified atom stereocenters. The molecule has 1 aliphatic carbocycles. The van der Waals surface area contributed by atoms with E-state index in [1.54, 1.807) is 0 Å². The summed E-state index contributed by atoms with van der Waals surface area (Å²) < 4.78 is 1.25. The zero-order chi connectivity index (χ0) is 11.0. The van der Waals surface area contributed by atoms with E-state index in [2.05, 4.69) is 9.97 Å². The molecular formula is C12H15N3S. The van der Waals surface area contributed by atoms with Gasteiger partial charge in [-0.1, -0.05) is 0 Å². The third kappa shape index (κ3) is 1.83. The van der Waals surface area contributed by atoms with Gasteiger partial charge in [0.25, 0.3) is 0 Å². The van der Waals surface area contributed by atoms with Crippen LogP contribution in [-0.2, 0) is 0 Å². The SMILES string of the molecule is NC1CCC(c2nc3cnccc3s2)CC1. The molecule has 2 N–H and O–H groups in total. The van der Waals surface area contributed by atoms with Gasteiger partial charge in [0.1, 0.15) is 0 Å². The number of nitrogens with zero attached hydrogens (tertiary/aromatic N) is 2. The molecule has 1 fully saturated rings. The van der Waals surface area contributed by atoms with Gasteiger partial charge < -0.3 is 5.73 Å². The molecule has 0 amide bonds. The smallest absolute Gasteiger partial charge is 0.0998 e. The van der Waals surface area contributed by atoms with E-state index in [0.29, 0.717) is 12.0 Å². The minimum Gasteiger partial charge on any atom is -0.328 e. The van der Waals surface area contributed by atoms with E-state index in [0.717, 1.165) is 18.4 Å². The van der Waals surface area contributed by atoms with Crippen LogP contribution in [0.5, 0.6) is 0 Å². The number of fused-ring (bicyclic) bond motifs is 1. The second-order valence-electron chi connectivity index (χ2n) is 4.51. The van der Waals surface area contributed by atoms with Crippen molar-refractivity contribution in [1.82, 2.24) is 9.97 Å². The molecule has 2 heterocycles. The Labute approximate surface area is 98.7 Å². The average Bonchev–Trinajstić information content (AvgIpc) is 2.73. The number of thiazole rings is 1. The number of hydrogen-bond acceptors (Lipinski definition) is 4. The molecule has 1 aliphatic rings. The van der Waals surface area contributed by atoms with Crippen molar-refractivity contribution < 1.29 is 0 Å². The van der Waals surface area contributed by atoms with Crippen molar-refractivity contribution >= 4 is 21.6 Å². The van der Waals surface area contributed by atoms with Gasteiger partial charge in [0.15, 0.2) is 0 Å². The first-order valence-electron chi connectivity index (χ1n) is 5.79. The number of aromatic nitrogens is 2. The van der Waals surface area contributed by atoms with E-state index in [1.807, 2.05) is 29.8 Å². The van der Waals surface area contributed by atoms with Gasteiger partial charge in [-0.3, -0.25) is 4.98 Å². The monoisotopic (exact) mass is 233 g/mol. The molecule has 84 valence electrons. The lowest BCUT2D eigenvalue weighted by Gasteiger charge is -2.24. The lowest BCUT2D eigenvalue weighted by atomic mass is 9.87. The fraction of sp³-hybridized carbons (Fsp3) is 0.500. The lowest BCUT2D eigenvalue weighted by Crippen LogP contribution is -2.25. The highest BCUT2D eigenvalue weighted by Gasteiger charge is 2.22. The van der Waals surface area contributed by atoms with Crippen LogP contribution in [-0.4, -0.2) is 16.0 Å². The third-order valence-electron chi connectivity index (χ3n) is 3.33. The molecule has 0 aromatic carbocycles. The van der Waals surface area contributed by atoms with Crippen LogP contribution in [0.25, 0.3) is 10.2 Å². The first kappa shape index (κ1) is 10.2. The van der Waals surface area contributed by atoms with Gasteiger partial charge in [-0.15, -0.1) is 11.3 Å². The van der Waals surface area contributed by atoms with Gasteiger partial charge in [0.2, 0.25) is 0 Å². The minimum atomic E-state index is 0.410. The van der Waals surface area contributed by atoms with E-state index in [9.17, 15) is 0 Å². The Balaban J connectivity index is 1.88. The maximum absolute atomic E-state index is 5.92. The topological polar surface area (TPSA) is 51.8 Å². The maximum atomic E-state index is 5.92. The van der Waals surface area contributed by atoms with Crippen molar-refractivity contribution in [3.63, 3.8) is 0 Å². The maximum Gasteiger partial charge on any atom is 0.0998 e. The second kappa shape index (κ2) is 4.11. The fourth-order valence-corrected chi connectivity index (χ4v) is 3.44. The van der Waals surface area contributed by atoms with Gasteiger partial charge in [-0.25, -0.2) is 4.98 Å². The molecular weight excluding hydrogens is 218 g/mol. The molecule has 16 heavy (non-hydrogen) atoms. The van der Waals surface area contributed by atoms with E-state index >= 15 is 0 Å². The summed E-state index contributed by atoms with van der Waals surface area (Å²) in [4.78, 5) is 8.78. The van der Waals surface area contributed by atoms with Crippen molar-refractivity contribution in [2.75, 3.05) is 0 Å². The van der Waals surface area contributed by atoms with Crippen LogP contribution in [0.1, 0.15) is 36.6 Å². The van der Waals surface area contributed by atoms with Crippen LogP contribution in [0.3, 0.4) is 0 Å². The van der Waals surface area contributed by atoms with Gasteiger partial charge >= 0.3 is 0 Å². The molecule has 2 aromatic rings. The number of rotatable bonds is 1. The van der Waals surface area contributed by atoms with Crippen LogP contribution in [0.4, 0.5) is 0 Å². The largest absolute Gasteiger partial charge is 0.328 e. The van der Waals surface area contributed by atoms with Crippen LogP contribution >= 0.6 is 11.3 Å². The van der Waals surface area contributed by atoms with E-state index in [4.69, 9.17) is 5.73 Å². The molecule has 1 saturated carbocycles.